The number of ether oxygens (including phenoxy) is 2. The van der Waals surface area contributed by atoms with Crippen LogP contribution < -0.4 is 10.2 Å². The first-order valence-electron chi connectivity index (χ1n) is 7.93. The van der Waals surface area contributed by atoms with E-state index in [1.807, 2.05) is 31.4 Å². The Balaban J connectivity index is 2.07. The topological polar surface area (TPSA) is 72.8 Å². The molecule has 6 nitrogen and oxygen atoms in total. The zero-order valence-corrected chi connectivity index (χ0v) is 19.1. The van der Waals surface area contributed by atoms with Crippen LogP contribution in [0.3, 0.4) is 0 Å². The molecule has 140 valence electrons. The van der Waals surface area contributed by atoms with Crippen LogP contribution in [0, 0.1) is 3.57 Å². The van der Waals surface area contributed by atoms with Crippen molar-refractivity contribution in [2.24, 2.45) is 5.10 Å². The molecule has 1 aromatic carbocycles. The van der Waals surface area contributed by atoms with Gasteiger partial charge in [0.25, 0.3) is 0 Å². The van der Waals surface area contributed by atoms with Crippen molar-refractivity contribution >= 4 is 67.2 Å². The predicted octanol–water partition coefficient (Wildman–Crippen LogP) is 4.85. The summed E-state index contributed by atoms with van der Waals surface area (Å²) in [6.45, 7) is 6.11. The molecule has 0 fully saturated rings. The number of hydrogen-bond donors (Lipinski definition) is 1. The molecule has 0 bridgehead atoms. The van der Waals surface area contributed by atoms with Gasteiger partial charge in [-0.3, -0.25) is 10.2 Å². The van der Waals surface area contributed by atoms with E-state index in [1.54, 1.807) is 13.1 Å². The summed E-state index contributed by atoms with van der Waals surface area (Å²) in [6, 6.07) is 3.94. The first-order valence-corrected chi connectivity index (χ1v) is 10.7. The first kappa shape index (κ1) is 21.1. The maximum Gasteiger partial charge on any atom is 0.311 e. The Morgan fingerprint density at radius 3 is 2.96 bits per heavy atom. The summed E-state index contributed by atoms with van der Waals surface area (Å²) in [5.74, 6) is 0.503. The zero-order valence-electron chi connectivity index (χ0n) is 14.6. The van der Waals surface area contributed by atoms with E-state index in [1.165, 1.54) is 11.3 Å². The Hall–Kier alpha value is -1.20. The number of benzene rings is 1. The fourth-order valence-corrected chi connectivity index (χ4v) is 4.33. The largest absolute Gasteiger partial charge is 0.489 e. The van der Waals surface area contributed by atoms with E-state index in [9.17, 15) is 4.79 Å². The van der Waals surface area contributed by atoms with Crippen LogP contribution in [0.15, 0.2) is 27.1 Å². The number of aromatic nitrogens is 1. The maximum absolute atomic E-state index is 11.5. The Bertz CT molecular complexity index is 796. The minimum absolute atomic E-state index is 0.0641. The second-order valence-electron chi connectivity index (χ2n) is 5.47. The molecule has 1 heterocycles. The van der Waals surface area contributed by atoms with Crippen molar-refractivity contribution in [2.45, 2.75) is 33.3 Å². The monoisotopic (exact) mass is 551 g/mol. The lowest BCUT2D eigenvalue weighted by Crippen LogP contribution is -2.09. The number of anilines is 1. The number of halogens is 2. The van der Waals surface area contributed by atoms with Crippen LogP contribution in [-0.4, -0.2) is 29.9 Å². The van der Waals surface area contributed by atoms with Gasteiger partial charge in [0.2, 0.25) is 5.13 Å². The number of carbonyl (C=O) groups is 1. The standard InChI is InChI=1S/C17H19BrIN3O3S/c1-4-24-15(23)7-13-9-26-17(21-13)22-20-8-11-5-12(18)6-14(19)16(11)25-10(2)3/h5-6,8-10H,4,7H2,1-3H3,(H,21,22). The lowest BCUT2D eigenvalue weighted by atomic mass is 10.2. The SMILES string of the molecule is CCOC(=O)Cc1csc(NN=Cc2cc(Br)cc(I)c2OC(C)C)n1. The molecular weight excluding hydrogens is 533 g/mol. The lowest BCUT2D eigenvalue weighted by Gasteiger charge is -2.14. The Morgan fingerprint density at radius 2 is 2.27 bits per heavy atom. The minimum Gasteiger partial charge on any atom is -0.489 e. The fourth-order valence-electron chi connectivity index (χ4n) is 1.99. The number of carbonyl (C=O) groups excluding carboxylic acids is 1. The fraction of sp³-hybridized carbons (Fsp3) is 0.353. The van der Waals surface area contributed by atoms with E-state index in [0.717, 1.165) is 19.4 Å². The Kier molecular flexibility index (Phi) is 8.29. The van der Waals surface area contributed by atoms with E-state index in [-0.39, 0.29) is 18.5 Å². The summed E-state index contributed by atoms with van der Waals surface area (Å²) in [7, 11) is 0. The van der Waals surface area contributed by atoms with Crippen LogP contribution >= 0.6 is 49.9 Å². The van der Waals surface area contributed by atoms with Gasteiger partial charge in [-0.05, 0) is 55.5 Å². The van der Waals surface area contributed by atoms with Crippen molar-refractivity contribution < 1.29 is 14.3 Å². The third kappa shape index (κ3) is 6.51. The van der Waals surface area contributed by atoms with Gasteiger partial charge in [-0.25, -0.2) is 4.98 Å². The van der Waals surface area contributed by atoms with E-state index >= 15 is 0 Å². The second kappa shape index (κ2) is 10.2. The molecule has 0 atom stereocenters. The molecule has 0 saturated heterocycles. The van der Waals surface area contributed by atoms with Gasteiger partial charge in [-0.15, -0.1) is 11.3 Å². The lowest BCUT2D eigenvalue weighted by molar-refractivity contribution is -0.142. The van der Waals surface area contributed by atoms with Crippen molar-refractivity contribution in [3.63, 3.8) is 0 Å². The van der Waals surface area contributed by atoms with Crippen LogP contribution in [0.25, 0.3) is 0 Å². The van der Waals surface area contributed by atoms with Gasteiger partial charge in [0.15, 0.2) is 0 Å². The van der Waals surface area contributed by atoms with Gasteiger partial charge >= 0.3 is 5.97 Å². The smallest absolute Gasteiger partial charge is 0.311 e. The molecule has 1 aromatic heterocycles. The van der Waals surface area contributed by atoms with Crippen LogP contribution in [-0.2, 0) is 16.0 Å². The second-order valence-corrected chi connectivity index (χ2v) is 8.40. The third-order valence-electron chi connectivity index (χ3n) is 2.94. The van der Waals surface area contributed by atoms with Gasteiger partial charge in [0, 0.05) is 15.4 Å². The molecule has 0 unspecified atom stereocenters. The normalized spacial score (nSPS) is 11.2. The molecule has 2 aromatic rings. The van der Waals surface area contributed by atoms with E-state index in [0.29, 0.717) is 17.4 Å². The minimum atomic E-state index is -0.285. The van der Waals surface area contributed by atoms with Gasteiger partial charge in [-0.2, -0.15) is 5.10 Å². The van der Waals surface area contributed by atoms with E-state index < -0.39 is 0 Å². The average molecular weight is 552 g/mol. The first-order chi connectivity index (χ1) is 12.4. The number of hydrogen-bond acceptors (Lipinski definition) is 7. The van der Waals surface area contributed by atoms with Gasteiger partial charge < -0.3 is 9.47 Å². The van der Waals surface area contributed by atoms with Crippen molar-refractivity contribution in [2.75, 3.05) is 12.0 Å². The molecule has 9 heteroatoms. The molecule has 26 heavy (non-hydrogen) atoms. The summed E-state index contributed by atoms with van der Waals surface area (Å²) in [6.07, 6.45) is 1.91. The molecule has 0 aliphatic carbocycles. The number of nitrogens with one attached hydrogen (secondary N) is 1. The van der Waals surface area contributed by atoms with Crippen LogP contribution in [0.1, 0.15) is 32.0 Å². The molecule has 1 N–H and O–H groups in total. The summed E-state index contributed by atoms with van der Waals surface area (Å²) in [5.41, 5.74) is 4.40. The highest BCUT2D eigenvalue weighted by Gasteiger charge is 2.11. The molecule has 0 amide bonds. The Labute approximate surface area is 178 Å². The van der Waals surface area contributed by atoms with Gasteiger partial charge in [0.05, 0.1) is 34.6 Å². The molecular formula is C17H19BrIN3O3S. The highest BCUT2D eigenvalue weighted by atomic mass is 127. The van der Waals surface area contributed by atoms with E-state index in [2.05, 4.69) is 54.0 Å². The molecule has 0 radical (unpaired) electrons. The number of esters is 1. The van der Waals surface area contributed by atoms with Crippen molar-refractivity contribution in [1.29, 1.82) is 0 Å². The van der Waals surface area contributed by atoms with E-state index in [4.69, 9.17) is 9.47 Å². The summed E-state index contributed by atoms with van der Waals surface area (Å²) in [5, 5.41) is 6.66. The number of hydrazone groups is 1. The molecule has 2 rings (SSSR count). The molecule has 0 saturated carbocycles. The average Bonchev–Trinajstić information content (AvgIpc) is 2.97. The molecule has 0 aliphatic rings. The highest BCUT2D eigenvalue weighted by molar-refractivity contribution is 14.1. The van der Waals surface area contributed by atoms with Gasteiger partial charge in [-0.1, -0.05) is 15.9 Å². The van der Waals surface area contributed by atoms with Crippen LogP contribution in [0.2, 0.25) is 0 Å². The summed E-state index contributed by atoms with van der Waals surface area (Å²) in [4.78, 5) is 15.8. The van der Waals surface area contributed by atoms with Crippen LogP contribution in [0.5, 0.6) is 5.75 Å². The quantitative estimate of drug-likeness (QED) is 0.220. The third-order valence-corrected chi connectivity index (χ3v) is 4.99. The molecule has 0 aliphatic heterocycles. The highest BCUT2D eigenvalue weighted by Crippen LogP contribution is 2.29. The van der Waals surface area contributed by atoms with Crippen molar-refractivity contribution in [1.82, 2.24) is 4.98 Å². The van der Waals surface area contributed by atoms with Crippen molar-refractivity contribution in [3.8, 4) is 5.75 Å². The number of thiazole rings is 1. The van der Waals surface area contributed by atoms with Gasteiger partial charge in [0.1, 0.15) is 5.75 Å². The number of nitrogens with zero attached hydrogens (tertiary/aromatic N) is 2. The predicted molar refractivity (Wildman–Crippen MR) is 116 cm³/mol. The molecule has 0 spiro atoms. The van der Waals surface area contributed by atoms with Crippen molar-refractivity contribution in [3.05, 3.63) is 36.8 Å². The zero-order chi connectivity index (χ0) is 19.1. The number of rotatable bonds is 8. The summed E-state index contributed by atoms with van der Waals surface area (Å²) < 4.78 is 12.8. The maximum atomic E-state index is 11.5. The Morgan fingerprint density at radius 1 is 1.50 bits per heavy atom. The summed E-state index contributed by atoms with van der Waals surface area (Å²) >= 11 is 7.11. The van der Waals surface area contributed by atoms with Crippen LogP contribution in [0.4, 0.5) is 5.13 Å².